The fraction of sp³-hybridized carbons (Fsp3) is 0.462. The summed E-state index contributed by atoms with van der Waals surface area (Å²) in [6, 6.07) is 7.17. The van der Waals surface area contributed by atoms with Gasteiger partial charge in [0.25, 0.3) is 0 Å². The SMILES string of the molecule is CN(CCCC(F)(F)F)Cc1cccc(C(=N)N)c1. The van der Waals surface area contributed by atoms with Gasteiger partial charge in [-0.15, -0.1) is 0 Å². The number of alkyl halides is 3. The molecule has 6 heteroatoms. The standard InChI is InChI=1S/C13H18F3N3/c1-19(7-3-6-13(14,15)16)9-10-4-2-5-11(8-10)12(17)18/h2,4-5,8H,3,6-7,9H2,1H3,(H3,17,18). The number of nitrogens with two attached hydrogens (primary N) is 1. The molecule has 0 saturated heterocycles. The van der Waals surface area contributed by atoms with Crippen LogP contribution in [0.2, 0.25) is 0 Å². The summed E-state index contributed by atoms with van der Waals surface area (Å²) in [5.74, 6) is -0.0124. The summed E-state index contributed by atoms with van der Waals surface area (Å²) in [5.41, 5.74) is 6.94. The highest BCUT2D eigenvalue weighted by atomic mass is 19.4. The summed E-state index contributed by atoms with van der Waals surface area (Å²) in [6.07, 6.45) is -4.76. The number of amidine groups is 1. The van der Waals surface area contributed by atoms with E-state index in [1.54, 1.807) is 25.2 Å². The van der Waals surface area contributed by atoms with Crippen molar-refractivity contribution in [1.29, 1.82) is 5.41 Å². The Labute approximate surface area is 110 Å². The summed E-state index contributed by atoms with van der Waals surface area (Å²) in [5, 5.41) is 7.33. The normalized spacial score (nSPS) is 11.8. The highest BCUT2D eigenvalue weighted by Gasteiger charge is 2.26. The number of nitrogens with zero attached hydrogens (tertiary/aromatic N) is 1. The second-order valence-corrected chi connectivity index (χ2v) is 4.57. The van der Waals surface area contributed by atoms with Crippen molar-refractivity contribution in [2.45, 2.75) is 25.6 Å². The maximum absolute atomic E-state index is 12.0. The first kappa shape index (κ1) is 15.5. The molecule has 0 amide bonds. The smallest absolute Gasteiger partial charge is 0.384 e. The Morgan fingerprint density at radius 2 is 2.05 bits per heavy atom. The zero-order chi connectivity index (χ0) is 14.5. The topological polar surface area (TPSA) is 53.1 Å². The van der Waals surface area contributed by atoms with Crippen LogP contribution in [0.3, 0.4) is 0 Å². The van der Waals surface area contributed by atoms with Crippen molar-refractivity contribution in [2.75, 3.05) is 13.6 Å². The van der Waals surface area contributed by atoms with Crippen molar-refractivity contribution in [3.05, 3.63) is 35.4 Å². The summed E-state index contributed by atoms with van der Waals surface area (Å²) in [7, 11) is 1.77. The van der Waals surface area contributed by atoms with Gasteiger partial charge in [-0.2, -0.15) is 13.2 Å². The Balaban J connectivity index is 2.46. The van der Waals surface area contributed by atoms with Crippen LogP contribution >= 0.6 is 0 Å². The molecule has 0 spiro atoms. The average Bonchev–Trinajstić information content (AvgIpc) is 2.27. The van der Waals surface area contributed by atoms with E-state index in [1.165, 1.54) is 0 Å². The monoisotopic (exact) mass is 273 g/mol. The van der Waals surface area contributed by atoms with Gasteiger partial charge in [0.15, 0.2) is 0 Å². The van der Waals surface area contributed by atoms with Crippen LogP contribution in [0.4, 0.5) is 13.2 Å². The van der Waals surface area contributed by atoms with Gasteiger partial charge in [0.1, 0.15) is 5.84 Å². The van der Waals surface area contributed by atoms with Crippen molar-refractivity contribution >= 4 is 5.84 Å². The van der Waals surface area contributed by atoms with E-state index in [0.717, 1.165) is 5.56 Å². The molecule has 0 aliphatic rings. The van der Waals surface area contributed by atoms with Crippen LogP contribution in [0.5, 0.6) is 0 Å². The Bertz CT molecular complexity index is 429. The van der Waals surface area contributed by atoms with Gasteiger partial charge in [0, 0.05) is 18.5 Å². The van der Waals surface area contributed by atoms with Gasteiger partial charge in [0.2, 0.25) is 0 Å². The molecule has 1 rings (SSSR count). The maximum Gasteiger partial charge on any atom is 0.389 e. The van der Waals surface area contributed by atoms with Crippen LogP contribution in [0.25, 0.3) is 0 Å². The number of nitrogens with one attached hydrogen (secondary N) is 1. The van der Waals surface area contributed by atoms with Gasteiger partial charge < -0.3 is 10.6 Å². The van der Waals surface area contributed by atoms with E-state index >= 15 is 0 Å². The van der Waals surface area contributed by atoms with E-state index in [2.05, 4.69) is 0 Å². The predicted molar refractivity (Wildman–Crippen MR) is 69.1 cm³/mol. The molecule has 0 fully saturated rings. The predicted octanol–water partition coefficient (Wildman–Crippen LogP) is 2.74. The number of hydrogen-bond donors (Lipinski definition) is 2. The van der Waals surface area contributed by atoms with Crippen molar-refractivity contribution in [2.24, 2.45) is 5.73 Å². The van der Waals surface area contributed by atoms with Crippen LogP contribution < -0.4 is 5.73 Å². The molecule has 3 N–H and O–H groups in total. The van der Waals surface area contributed by atoms with Gasteiger partial charge >= 0.3 is 6.18 Å². The molecule has 106 valence electrons. The van der Waals surface area contributed by atoms with Crippen LogP contribution in [0.15, 0.2) is 24.3 Å². The van der Waals surface area contributed by atoms with Gasteiger partial charge in [-0.05, 0) is 31.6 Å². The second-order valence-electron chi connectivity index (χ2n) is 4.57. The molecule has 0 aliphatic heterocycles. The molecule has 0 aliphatic carbocycles. The maximum atomic E-state index is 12.0. The molecule has 0 saturated carbocycles. The molecule has 3 nitrogen and oxygen atoms in total. The molecular weight excluding hydrogens is 255 g/mol. The first-order chi connectivity index (χ1) is 8.78. The highest BCUT2D eigenvalue weighted by molar-refractivity contribution is 5.95. The molecule has 19 heavy (non-hydrogen) atoms. The average molecular weight is 273 g/mol. The van der Waals surface area contributed by atoms with Crippen molar-refractivity contribution in [3.63, 3.8) is 0 Å². The zero-order valence-electron chi connectivity index (χ0n) is 10.8. The van der Waals surface area contributed by atoms with Crippen LogP contribution in [-0.4, -0.2) is 30.5 Å². The lowest BCUT2D eigenvalue weighted by atomic mass is 10.1. The Morgan fingerprint density at radius 1 is 1.37 bits per heavy atom. The number of hydrogen-bond acceptors (Lipinski definition) is 2. The summed E-state index contributed by atoms with van der Waals surface area (Å²) >= 11 is 0. The fourth-order valence-corrected chi connectivity index (χ4v) is 1.78. The van der Waals surface area contributed by atoms with E-state index < -0.39 is 12.6 Å². The van der Waals surface area contributed by atoms with Crippen molar-refractivity contribution in [1.82, 2.24) is 4.90 Å². The highest BCUT2D eigenvalue weighted by Crippen LogP contribution is 2.21. The minimum atomic E-state index is -4.09. The van der Waals surface area contributed by atoms with Crippen LogP contribution in [-0.2, 0) is 6.54 Å². The molecule has 0 atom stereocenters. The van der Waals surface area contributed by atoms with Gasteiger partial charge in [-0.1, -0.05) is 18.2 Å². The van der Waals surface area contributed by atoms with Crippen LogP contribution in [0, 0.1) is 5.41 Å². The first-order valence-corrected chi connectivity index (χ1v) is 5.96. The van der Waals surface area contributed by atoms with Crippen molar-refractivity contribution < 1.29 is 13.2 Å². The Kier molecular flexibility index (Phi) is 5.35. The largest absolute Gasteiger partial charge is 0.389 e. The molecule has 0 bridgehead atoms. The molecule has 0 heterocycles. The van der Waals surface area contributed by atoms with E-state index in [9.17, 15) is 13.2 Å². The summed E-state index contributed by atoms with van der Waals surface area (Å²) < 4.78 is 36.1. The third-order valence-corrected chi connectivity index (χ3v) is 2.69. The van der Waals surface area contributed by atoms with Crippen LogP contribution in [0.1, 0.15) is 24.0 Å². The van der Waals surface area contributed by atoms with E-state index in [0.29, 0.717) is 18.7 Å². The van der Waals surface area contributed by atoms with Gasteiger partial charge in [-0.25, -0.2) is 0 Å². The summed E-state index contributed by atoms with van der Waals surface area (Å²) in [4.78, 5) is 1.82. The van der Waals surface area contributed by atoms with E-state index in [4.69, 9.17) is 11.1 Å². The van der Waals surface area contributed by atoms with Gasteiger partial charge in [0.05, 0.1) is 0 Å². The second kappa shape index (κ2) is 6.56. The van der Waals surface area contributed by atoms with E-state index in [1.807, 2.05) is 11.0 Å². The zero-order valence-corrected chi connectivity index (χ0v) is 10.8. The van der Waals surface area contributed by atoms with Gasteiger partial charge in [-0.3, -0.25) is 5.41 Å². The number of benzene rings is 1. The molecule has 0 aromatic heterocycles. The Hall–Kier alpha value is -1.56. The minimum Gasteiger partial charge on any atom is -0.384 e. The molecule has 1 aromatic carbocycles. The fourth-order valence-electron chi connectivity index (χ4n) is 1.78. The lowest BCUT2D eigenvalue weighted by Crippen LogP contribution is -2.21. The lowest BCUT2D eigenvalue weighted by Gasteiger charge is -2.17. The number of nitrogen functional groups attached to an aromatic ring is 1. The lowest BCUT2D eigenvalue weighted by molar-refractivity contribution is -0.136. The third kappa shape index (κ3) is 6.24. The Morgan fingerprint density at radius 3 is 2.63 bits per heavy atom. The molecule has 0 unspecified atom stereocenters. The quantitative estimate of drug-likeness (QED) is 0.618. The minimum absolute atomic E-state index is 0.0124. The van der Waals surface area contributed by atoms with E-state index in [-0.39, 0.29) is 12.3 Å². The number of halogens is 3. The summed E-state index contributed by atoms with van der Waals surface area (Å²) in [6.45, 7) is 0.919. The first-order valence-electron chi connectivity index (χ1n) is 5.96. The van der Waals surface area contributed by atoms with Crippen molar-refractivity contribution in [3.8, 4) is 0 Å². The molecule has 0 radical (unpaired) electrons. The third-order valence-electron chi connectivity index (χ3n) is 2.69. The number of rotatable bonds is 6. The molecular formula is C13H18F3N3. The molecule has 1 aromatic rings.